The number of carbonyl (C=O) groups is 3. The van der Waals surface area contributed by atoms with E-state index in [1.807, 2.05) is 30.3 Å². The number of H-pyrrole nitrogens is 1. The third-order valence-corrected chi connectivity index (χ3v) is 5.68. The predicted molar refractivity (Wildman–Crippen MR) is 119 cm³/mol. The highest BCUT2D eigenvalue weighted by Gasteiger charge is 2.24. The Morgan fingerprint density at radius 2 is 1.81 bits per heavy atom. The highest BCUT2D eigenvalue weighted by Crippen LogP contribution is 2.26. The number of methoxy groups -OCH3 is 1. The number of ketones is 2. The number of hydrogen-bond acceptors (Lipinski definition) is 5. The number of nitrogens with one attached hydrogen (secondary N) is 2. The molecule has 6 heteroatoms. The van der Waals surface area contributed by atoms with Crippen molar-refractivity contribution in [2.75, 3.05) is 13.7 Å². The van der Waals surface area contributed by atoms with E-state index in [1.165, 1.54) is 7.11 Å². The van der Waals surface area contributed by atoms with E-state index in [4.69, 9.17) is 4.74 Å². The Morgan fingerprint density at radius 3 is 2.58 bits per heavy atom. The summed E-state index contributed by atoms with van der Waals surface area (Å²) in [7, 11) is 1.31. The number of aromatic nitrogens is 1. The van der Waals surface area contributed by atoms with E-state index >= 15 is 0 Å². The summed E-state index contributed by atoms with van der Waals surface area (Å²) >= 11 is 0. The number of ether oxygens (including phenoxy) is 1. The van der Waals surface area contributed by atoms with Gasteiger partial charge in [0, 0.05) is 42.0 Å². The van der Waals surface area contributed by atoms with Crippen molar-refractivity contribution in [2.24, 2.45) is 0 Å². The number of benzene rings is 2. The van der Waals surface area contributed by atoms with Crippen LogP contribution in [0.2, 0.25) is 0 Å². The molecule has 2 aromatic carbocycles. The lowest BCUT2D eigenvalue weighted by molar-refractivity contribution is -0.120. The van der Waals surface area contributed by atoms with Crippen LogP contribution < -0.4 is 5.32 Å². The minimum absolute atomic E-state index is 0.0166. The second kappa shape index (κ2) is 9.10. The van der Waals surface area contributed by atoms with E-state index in [0.717, 1.165) is 11.1 Å². The normalized spacial score (nSPS) is 16.0. The zero-order valence-electron chi connectivity index (χ0n) is 17.3. The average molecular weight is 416 g/mol. The Kier molecular flexibility index (Phi) is 6.09. The molecule has 31 heavy (non-hydrogen) atoms. The van der Waals surface area contributed by atoms with E-state index < -0.39 is 5.97 Å². The van der Waals surface area contributed by atoms with Crippen LogP contribution in [0.15, 0.2) is 60.8 Å². The van der Waals surface area contributed by atoms with Crippen molar-refractivity contribution in [2.45, 2.75) is 25.3 Å². The summed E-state index contributed by atoms with van der Waals surface area (Å²) in [6, 6.07) is 14.9. The molecule has 4 rings (SSSR count). The van der Waals surface area contributed by atoms with Gasteiger partial charge in [-0.15, -0.1) is 0 Å². The number of carbonyl (C=O) groups excluding carboxylic acids is 3. The van der Waals surface area contributed by atoms with Gasteiger partial charge >= 0.3 is 5.97 Å². The molecule has 0 saturated carbocycles. The first-order chi connectivity index (χ1) is 15.1. The molecule has 0 amide bonds. The Morgan fingerprint density at radius 1 is 1.00 bits per heavy atom. The summed E-state index contributed by atoms with van der Waals surface area (Å²) in [5.74, 6) is -0.657. The first-order valence-electron chi connectivity index (χ1n) is 10.3. The molecule has 158 valence electrons. The number of esters is 1. The molecule has 0 radical (unpaired) electrons. The van der Waals surface area contributed by atoms with Gasteiger partial charge in [-0.1, -0.05) is 42.5 Å². The van der Waals surface area contributed by atoms with Crippen LogP contribution in [-0.2, 0) is 9.53 Å². The summed E-state index contributed by atoms with van der Waals surface area (Å²) < 4.78 is 4.84. The van der Waals surface area contributed by atoms with Gasteiger partial charge < -0.3 is 15.0 Å². The highest BCUT2D eigenvalue weighted by molar-refractivity contribution is 6.15. The van der Waals surface area contributed by atoms with Crippen LogP contribution in [0.3, 0.4) is 0 Å². The van der Waals surface area contributed by atoms with Crippen molar-refractivity contribution in [3.63, 3.8) is 0 Å². The smallest absolute Gasteiger partial charge is 0.338 e. The fourth-order valence-electron chi connectivity index (χ4n) is 4.05. The minimum Gasteiger partial charge on any atom is -0.465 e. The molecular weight excluding hydrogens is 392 g/mol. The molecule has 1 unspecified atom stereocenters. The van der Waals surface area contributed by atoms with E-state index in [2.05, 4.69) is 16.4 Å². The Balaban J connectivity index is 1.44. The van der Waals surface area contributed by atoms with Gasteiger partial charge in [0.2, 0.25) is 0 Å². The Hall–Kier alpha value is -3.51. The maximum absolute atomic E-state index is 12.9. The molecule has 0 spiro atoms. The van der Waals surface area contributed by atoms with Gasteiger partial charge in [0.15, 0.2) is 11.6 Å². The molecule has 1 atom stereocenters. The summed E-state index contributed by atoms with van der Waals surface area (Å²) in [5.41, 5.74) is 3.69. The van der Waals surface area contributed by atoms with Crippen LogP contribution >= 0.6 is 0 Å². The summed E-state index contributed by atoms with van der Waals surface area (Å²) in [5, 5.41) is 3.77. The van der Waals surface area contributed by atoms with Crippen LogP contribution in [0.1, 0.15) is 45.5 Å². The molecule has 1 aromatic heterocycles. The van der Waals surface area contributed by atoms with Gasteiger partial charge in [0.25, 0.3) is 0 Å². The third kappa shape index (κ3) is 4.34. The average Bonchev–Trinajstić information content (AvgIpc) is 3.27. The first-order valence-corrected chi connectivity index (χ1v) is 10.3. The van der Waals surface area contributed by atoms with Crippen LogP contribution in [0.25, 0.3) is 16.5 Å². The molecule has 6 nitrogen and oxygen atoms in total. The van der Waals surface area contributed by atoms with Gasteiger partial charge in [0.05, 0.1) is 18.7 Å². The van der Waals surface area contributed by atoms with E-state index in [0.29, 0.717) is 35.0 Å². The van der Waals surface area contributed by atoms with Crippen molar-refractivity contribution in [3.8, 4) is 0 Å². The number of hydrogen-bond donors (Lipinski definition) is 2. The van der Waals surface area contributed by atoms with Crippen molar-refractivity contribution in [3.05, 3.63) is 77.5 Å². The first kappa shape index (κ1) is 20.8. The van der Waals surface area contributed by atoms with Crippen molar-refractivity contribution in [1.29, 1.82) is 0 Å². The van der Waals surface area contributed by atoms with Crippen molar-refractivity contribution in [1.82, 2.24) is 10.3 Å². The summed E-state index contributed by atoms with van der Waals surface area (Å²) in [6.07, 6.45) is 4.54. The summed E-state index contributed by atoms with van der Waals surface area (Å²) in [6.45, 7) is 0.625. The van der Waals surface area contributed by atoms with E-state index in [9.17, 15) is 14.4 Å². The van der Waals surface area contributed by atoms with E-state index in [1.54, 1.807) is 24.4 Å². The zero-order chi connectivity index (χ0) is 21.8. The van der Waals surface area contributed by atoms with E-state index in [-0.39, 0.29) is 30.4 Å². The molecule has 1 aliphatic rings. The molecule has 0 bridgehead atoms. The molecule has 3 aromatic rings. The van der Waals surface area contributed by atoms with Gasteiger partial charge in [-0.25, -0.2) is 4.79 Å². The van der Waals surface area contributed by atoms with Gasteiger partial charge in [0.1, 0.15) is 0 Å². The molecule has 0 aliphatic carbocycles. The zero-order valence-corrected chi connectivity index (χ0v) is 17.3. The molecule has 2 heterocycles. The molecule has 2 N–H and O–H groups in total. The van der Waals surface area contributed by atoms with Gasteiger partial charge in [-0.2, -0.15) is 0 Å². The highest BCUT2D eigenvalue weighted by atomic mass is 16.5. The molecule has 1 aliphatic heterocycles. The van der Waals surface area contributed by atoms with Crippen molar-refractivity contribution >= 4 is 34.0 Å². The quantitative estimate of drug-likeness (QED) is 0.450. The van der Waals surface area contributed by atoms with Crippen LogP contribution in [0.4, 0.5) is 0 Å². The maximum Gasteiger partial charge on any atom is 0.338 e. The lowest BCUT2D eigenvalue weighted by atomic mass is 9.91. The Bertz CT molecular complexity index is 1160. The SMILES string of the molecule is COC(=O)c1cccc2[nH]cc(C(=O)CCC(=O)C3CC(c4ccccc4)=CCN3)c12. The standard InChI is InChI=1S/C25H24N2O4/c1-31-25(30)18-8-5-9-20-24(18)19(15-27-20)22(28)10-11-23(29)21-14-17(12-13-26-21)16-6-3-2-4-7-16/h2-9,12,15,21,26-27H,10-11,13-14H2,1H3. The van der Waals surface area contributed by atoms with Gasteiger partial charge in [-0.05, 0) is 29.7 Å². The summed E-state index contributed by atoms with van der Waals surface area (Å²) in [4.78, 5) is 40.8. The fraction of sp³-hybridized carbons (Fsp3) is 0.240. The number of Topliss-reactive ketones (excluding diaryl/α,β-unsaturated/α-hetero) is 2. The Labute approximate surface area is 180 Å². The minimum atomic E-state index is -0.498. The molecular formula is C25H24N2O4. The second-order valence-corrected chi connectivity index (χ2v) is 7.57. The largest absolute Gasteiger partial charge is 0.465 e. The fourth-order valence-corrected chi connectivity index (χ4v) is 4.05. The monoisotopic (exact) mass is 416 g/mol. The second-order valence-electron chi connectivity index (χ2n) is 7.57. The molecule has 0 saturated heterocycles. The number of rotatable bonds is 7. The topological polar surface area (TPSA) is 88.3 Å². The third-order valence-electron chi connectivity index (χ3n) is 5.68. The lowest BCUT2D eigenvalue weighted by Crippen LogP contribution is -2.39. The van der Waals surface area contributed by atoms with Crippen molar-refractivity contribution < 1.29 is 19.1 Å². The lowest BCUT2D eigenvalue weighted by Gasteiger charge is -2.23. The predicted octanol–water partition coefficient (Wildman–Crippen LogP) is 3.93. The number of fused-ring (bicyclic) bond motifs is 1. The van der Waals surface area contributed by atoms with Crippen LogP contribution in [0.5, 0.6) is 0 Å². The van der Waals surface area contributed by atoms with Crippen LogP contribution in [0, 0.1) is 0 Å². The number of aromatic amines is 1. The maximum atomic E-state index is 12.9. The van der Waals surface area contributed by atoms with Crippen LogP contribution in [-0.4, -0.2) is 42.2 Å². The molecule has 0 fully saturated rings. The van der Waals surface area contributed by atoms with Gasteiger partial charge in [-0.3, -0.25) is 9.59 Å².